The first kappa shape index (κ1) is 24.4. The van der Waals surface area contributed by atoms with Gasteiger partial charge in [0.2, 0.25) is 0 Å². The van der Waals surface area contributed by atoms with E-state index in [0.29, 0.717) is 11.6 Å². The minimum absolute atomic E-state index is 0.474. The van der Waals surface area contributed by atoms with Crippen LogP contribution in [0.15, 0.2) is 0 Å². The predicted molar refractivity (Wildman–Crippen MR) is 110 cm³/mol. The molecule has 0 saturated heterocycles. The van der Waals surface area contributed by atoms with Crippen molar-refractivity contribution < 1.29 is 9.47 Å². The van der Waals surface area contributed by atoms with E-state index in [4.69, 9.17) is 9.47 Å². The predicted octanol–water partition coefficient (Wildman–Crippen LogP) is 7.34. The summed E-state index contributed by atoms with van der Waals surface area (Å²) in [6.45, 7) is 11.4. The molecule has 0 heterocycles. The molecule has 0 radical (unpaired) electrons. The van der Waals surface area contributed by atoms with Crippen LogP contribution < -0.4 is 0 Å². The molecule has 0 aliphatic carbocycles. The molecule has 0 N–H and O–H groups in total. The van der Waals surface area contributed by atoms with Gasteiger partial charge in [0.1, 0.15) is 6.79 Å². The third kappa shape index (κ3) is 18.7. The molecule has 0 aliphatic rings. The number of ether oxygens (including phenoxy) is 2. The molecule has 0 fully saturated rings. The van der Waals surface area contributed by atoms with E-state index in [1.807, 2.05) is 0 Å². The number of unbranched alkanes of at least 4 members (excludes halogenated alkanes) is 6. The quantitative estimate of drug-likeness (QED) is 0.134. The summed E-state index contributed by atoms with van der Waals surface area (Å²) < 4.78 is 11.1. The lowest BCUT2D eigenvalue weighted by Gasteiger charge is -2.18. The van der Waals surface area contributed by atoms with E-state index in [-0.39, 0.29) is 0 Å². The first-order valence-corrected chi connectivity index (χ1v) is 11.3. The van der Waals surface area contributed by atoms with E-state index in [1.54, 1.807) is 0 Å². The van der Waals surface area contributed by atoms with Crippen molar-refractivity contribution in [3.8, 4) is 0 Å². The molecular formula is C21H43BrO2. The number of hydrogen-bond acceptors (Lipinski definition) is 2. The minimum Gasteiger partial charge on any atom is -0.355 e. The molecule has 0 amide bonds. The lowest BCUT2D eigenvalue weighted by Crippen LogP contribution is -2.09. The Kier molecular flexibility index (Phi) is 18.5. The third-order valence-corrected chi connectivity index (χ3v) is 4.95. The number of alkyl halides is 1. The Morgan fingerprint density at radius 3 is 1.92 bits per heavy atom. The van der Waals surface area contributed by atoms with Crippen LogP contribution in [0.2, 0.25) is 0 Å². The molecule has 0 aromatic carbocycles. The number of halogens is 1. The van der Waals surface area contributed by atoms with E-state index >= 15 is 0 Å². The van der Waals surface area contributed by atoms with Crippen molar-refractivity contribution in [3.05, 3.63) is 0 Å². The van der Waals surface area contributed by atoms with Crippen LogP contribution in [-0.4, -0.2) is 24.8 Å². The maximum Gasteiger partial charge on any atom is 0.146 e. The fourth-order valence-electron chi connectivity index (χ4n) is 3.33. The molecule has 3 unspecified atom stereocenters. The van der Waals surface area contributed by atoms with Crippen molar-refractivity contribution in [1.29, 1.82) is 0 Å². The highest BCUT2D eigenvalue weighted by atomic mass is 79.9. The summed E-state index contributed by atoms with van der Waals surface area (Å²) >= 11 is 3.65. The second-order valence-corrected chi connectivity index (χ2v) is 9.22. The van der Waals surface area contributed by atoms with Crippen molar-refractivity contribution in [2.45, 2.75) is 103 Å². The Hall–Kier alpha value is 0.400. The van der Waals surface area contributed by atoms with Gasteiger partial charge < -0.3 is 9.47 Å². The Bertz CT molecular complexity index is 246. The summed E-state index contributed by atoms with van der Waals surface area (Å²) in [6, 6.07) is 0. The highest BCUT2D eigenvalue weighted by molar-refractivity contribution is 9.09. The Morgan fingerprint density at radius 1 is 0.708 bits per heavy atom. The summed E-state index contributed by atoms with van der Waals surface area (Å²) in [5.74, 6) is 1.60. The fraction of sp³-hybridized carbons (Fsp3) is 1.00. The van der Waals surface area contributed by atoms with Gasteiger partial charge in [0.25, 0.3) is 0 Å². The summed E-state index contributed by atoms with van der Waals surface area (Å²) in [5, 5.41) is 0. The average molecular weight is 407 g/mol. The lowest BCUT2D eigenvalue weighted by atomic mass is 9.91. The first-order valence-electron chi connectivity index (χ1n) is 10.4. The minimum atomic E-state index is 0.474. The fourth-order valence-corrected chi connectivity index (χ4v) is 3.97. The number of hydrogen-bond donors (Lipinski definition) is 0. The molecule has 0 bridgehead atoms. The van der Waals surface area contributed by atoms with Crippen molar-refractivity contribution in [1.82, 2.24) is 0 Å². The Labute approximate surface area is 160 Å². The van der Waals surface area contributed by atoms with Crippen molar-refractivity contribution >= 4 is 15.9 Å². The van der Waals surface area contributed by atoms with Gasteiger partial charge in [-0.05, 0) is 43.9 Å². The lowest BCUT2D eigenvalue weighted by molar-refractivity contribution is -0.0561. The highest BCUT2D eigenvalue weighted by Crippen LogP contribution is 2.22. The first-order chi connectivity index (χ1) is 11.6. The van der Waals surface area contributed by atoms with Gasteiger partial charge >= 0.3 is 0 Å². The molecule has 0 aromatic rings. The molecule has 2 nitrogen and oxygen atoms in total. The summed E-state index contributed by atoms with van der Waals surface area (Å²) in [4.78, 5) is 0.636. The summed E-state index contributed by atoms with van der Waals surface area (Å²) in [7, 11) is 0. The van der Waals surface area contributed by atoms with Gasteiger partial charge in [-0.2, -0.15) is 0 Å². The average Bonchev–Trinajstić information content (AvgIpc) is 2.51. The van der Waals surface area contributed by atoms with Crippen LogP contribution in [0.3, 0.4) is 0 Å². The van der Waals surface area contributed by atoms with Crippen LogP contribution in [0.4, 0.5) is 0 Å². The third-order valence-electron chi connectivity index (χ3n) is 4.58. The Balaban J connectivity index is 3.22. The van der Waals surface area contributed by atoms with Crippen molar-refractivity contribution in [2.24, 2.45) is 11.8 Å². The summed E-state index contributed by atoms with van der Waals surface area (Å²) in [5.41, 5.74) is 0. The molecule has 0 aliphatic heterocycles. The largest absolute Gasteiger partial charge is 0.355 e. The molecule has 0 saturated carbocycles. The van der Waals surface area contributed by atoms with Crippen LogP contribution in [0.1, 0.15) is 98.3 Å². The topological polar surface area (TPSA) is 18.5 Å². The SMILES string of the molecule is CCCCCCCCCOCOCCCC(C)CC(C)CC(C)Br. The van der Waals surface area contributed by atoms with Gasteiger partial charge in [-0.25, -0.2) is 0 Å². The molecule has 24 heavy (non-hydrogen) atoms. The van der Waals surface area contributed by atoms with Gasteiger partial charge in [0.05, 0.1) is 0 Å². The van der Waals surface area contributed by atoms with Crippen LogP contribution in [0, 0.1) is 11.8 Å². The van der Waals surface area contributed by atoms with Gasteiger partial charge in [0.15, 0.2) is 0 Å². The zero-order valence-electron chi connectivity index (χ0n) is 16.8. The van der Waals surface area contributed by atoms with Gasteiger partial charge in [-0.3, -0.25) is 0 Å². The maximum atomic E-state index is 5.58. The van der Waals surface area contributed by atoms with Crippen molar-refractivity contribution in [2.75, 3.05) is 20.0 Å². The van der Waals surface area contributed by atoms with Crippen LogP contribution in [-0.2, 0) is 9.47 Å². The maximum absolute atomic E-state index is 5.58. The second-order valence-electron chi connectivity index (χ2n) is 7.66. The van der Waals surface area contributed by atoms with Gasteiger partial charge in [-0.1, -0.05) is 82.1 Å². The summed E-state index contributed by atoms with van der Waals surface area (Å²) in [6.07, 6.45) is 14.3. The van der Waals surface area contributed by atoms with E-state index in [0.717, 1.165) is 31.5 Å². The van der Waals surface area contributed by atoms with E-state index < -0.39 is 0 Å². The van der Waals surface area contributed by atoms with Gasteiger partial charge in [-0.15, -0.1) is 0 Å². The molecule has 3 atom stereocenters. The second kappa shape index (κ2) is 18.2. The monoisotopic (exact) mass is 406 g/mol. The Morgan fingerprint density at radius 2 is 1.29 bits per heavy atom. The van der Waals surface area contributed by atoms with Crippen LogP contribution in [0.5, 0.6) is 0 Å². The van der Waals surface area contributed by atoms with Gasteiger partial charge in [0, 0.05) is 18.0 Å². The zero-order valence-corrected chi connectivity index (χ0v) is 18.4. The molecular weight excluding hydrogens is 364 g/mol. The molecule has 3 heteroatoms. The van der Waals surface area contributed by atoms with E-state index in [9.17, 15) is 0 Å². The van der Waals surface area contributed by atoms with E-state index in [1.165, 1.54) is 64.2 Å². The zero-order chi connectivity index (χ0) is 18.0. The molecule has 0 rings (SSSR count). The van der Waals surface area contributed by atoms with Crippen molar-refractivity contribution in [3.63, 3.8) is 0 Å². The smallest absolute Gasteiger partial charge is 0.146 e. The molecule has 146 valence electrons. The number of rotatable bonds is 18. The normalized spacial score (nSPS) is 15.4. The van der Waals surface area contributed by atoms with Crippen LogP contribution in [0.25, 0.3) is 0 Å². The highest BCUT2D eigenvalue weighted by Gasteiger charge is 2.10. The van der Waals surface area contributed by atoms with E-state index in [2.05, 4.69) is 43.6 Å². The molecule has 0 aromatic heterocycles. The van der Waals surface area contributed by atoms with Crippen LogP contribution >= 0.6 is 15.9 Å². The molecule has 0 spiro atoms. The standard InChI is InChI=1S/C21H43BrO2/c1-5-6-7-8-9-10-11-14-23-18-24-15-12-13-19(2)16-20(3)17-21(4)22/h19-21H,5-18H2,1-4H3.